The molecule has 0 aliphatic rings. The van der Waals surface area contributed by atoms with Gasteiger partial charge < -0.3 is 21.7 Å². The van der Waals surface area contributed by atoms with Crippen molar-refractivity contribution in [2.75, 3.05) is 11.5 Å². The Balaban J connectivity index is 2.94. The predicted molar refractivity (Wildman–Crippen MR) is 61.4 cm³/mol. The summed E-state index contributed by atoms with van der Waals surface area (Å²) in [4.78, 5) is 10.9. The van der Waals surface area contributed by atoms with Crippen molar-refractivity contribution < 1.29 is 15.0 Å². The van der Waals surface area contributed by atoms with E-state index in [0.717, 1.165) is 0 Å². The van der Waals surface area contributed by atoms with E-state index in [1.807, 2.05) is 0 Å². The molecule has 2 aromatic carbocycles. The molecule has 0 aromatic heterocycles. The van der Waals surface area contributed by atoms with Crippen molar-refractivity contribution in [2.24, 2.45) is 0 Å². The largest absolute Gasteiger partial charge is 0.507 e. The van der Waals surface area contributed by atoms with E-state index in [1.165, 1.54) is 12.1 Å². The van der Waals surface area contributed by atoms with Gasteiger partial charge in [-0.15, -0.1) is 0 Å². The van der Waals surface area contributed by atoms with Gasteiger partial charge in [0.1, 0.15) is 5.75 Å². The number of rotatable bonds is 1. The molecule has 0 heterocycles. The highest BCUT2D eigenvalue weighted by Crippen LogP contribution is 2.35. The fraction of sp³-hybridized carbons (Fsp3) is 0. The van der Waals surface area contributed by atoms with Crippen LogP contribution in [0.25, 0.3) is 10.8 Å². The van der Waals surface area contributed by atoms with Gasteiger partial charge in [0.25, 0.3) is 0 Å². The molecule has 0 amide bonds. The van der Waals surface area contributed by atoms with E-state index in [4.69, 9.17) is 16.6 Å². The zero-order chi connectivity index (χ0) is 11.9. The van der Waals surface area contributed by atoms with Crippen LogP contribution < -0.4 is 11.5 Å². The minimum Gasteiger partial charge on any atom is -0.507 e. The van der Waals surface area contributed by atoms with Gasteiger partial charge in [0.05, 0.1) is 16.9 Å². The van der Waals surface area contributed by atoms with Gasteiger partial charge in [-0.1, -0.05) is 12.1 Å². The van der Waals surface area contributed by atoms with Gasteiger partial charge in [-0.3, -0.25) is 0 Å². The lowest BCUT2D eigenvalue weighted by molar-refractivity contribution is 0.0698. The standard InChI is InChI=1S/C11H10N2O3/c12-9-6(11(15)16)4-5-2-1-3-7(14)8(5)10(9)13/h1-4,14H,12-13H2,(H,15,16). The number of carboxylic acids is 1. The number of phenols is 1. The molecular weight excluding hydrogens is 208 g/mol. The van der Waals surface area contributed by atoms with E-state index in [2.05, 4.69) is 0 Å². The second kappa shape index (κ2) is 3.30. The normalized spacial score (nSPS) is 10.5. The smallest absolute Gasteiger partial charge is 0.337 e. The van der Waals surface area contributed by atoms with Crippen molar-refractivity contribution in [3.63, 3.8) is 0 Å². The molecule has 0 atom stereocenters. The molecular formula is C11H10N2O3. The molecule has 5 heteroatoms. The molecule has 6 N–H and O–H groups in total. The summed E-state index contributed by atoms with van der Waals surface area (Å²) < 4.78 is 0. The maximum Gasteiger partial charge on any atom is 0.337 e. The Morgan fingerprint density at radius 2 is 1.88 bits per heavy atom. The minimum absolute atomic E-state index is 0.0151. The first-order chi connectivity index (χ1) is 7.52. The quantitative estimate of drug-likeness (QED) is 0.541. The van der Waals surface area contributed by atoms with Gasteiger partial charge in [-0.2, -0.15) is 0 Å². The van der Waals surface area contributed by atoms with E-state index < -0.39 is 5.97 Å². The Bertz CT molecular complexity index is 593. The van der Waals surface area contributed by atoms with Crippen LogP contribution in [0.3, 0.4) is 0 Å². The number of aromatic carboxylic acids is 1. The van der Waals surface area contributed by atoms with Crippen molar-refractivity contribution in [3.8, 4) is 5.75 Å². The number of hydrogen-bond donors (Lipinski definition) is 4. The van der Waals surface area contributed by atoms with Crippen LogP contribution in [0.4, 0.5) is 11.4 Å². The molecule has 2 aromatic rings. The van der Waals surface area contributed by atoms with E-state index in [1.54, 1.807) is 12.1 Å². The van der Waals surface area contributed by atoms with Crippen molar-refractivity contribution >= 4 is 28.1 Å². The lowest BCUT2D eigenvalue weighted by Gasteiger charge is -2.10. The van der Waals surface area contributed by atoms with Gasteiger partial charge >= 0.3 is 5.97 Å². The highest BCUT2D eigenvalue weighted by atomic mass is 16.4. The van der Waals surface area contributed by atoms with Crippen LogP contribution in [0.1, 0.15) is 10.4 Å². The van der Waals surface area contributed by atoms with Crippen LogP contribution in [0, 0.1) is 0 Å². The summed E-state index contributed by atoms with van der Waals surface area (Å²) in [5, 5.41) is 19.5. The summed E-state index contributed by atoms with van der Waals surface area (Å²) in [5.41, 5.74) is 11.3. The van der Waals surface area contributed by atoms with Crippen LogP contribution in [0.2, 0.25) is 0 Å². The number of hydrogen-bond acceptors (Lipinski definition) is 4. The SMILES string of the molecule is Nc1c(C(=O)O)cc2cccc(O)c2c1N. The van der Waals surface area contributed by atoms with E-state index in [0.29, 0.717) is 10.8 Å². The Morgan fingerprint density at radius 1 is 1.19 bits per heavy atom. The van der Waals surface area contributed by atoms with Crippen LogP contribution in [-0.4, -0.2) is 16.2 Å². The zero-order valence-corrected chi connectivity index (χ0v) is 8.27. The molecule has 0 radical (unpaired) electrons. The van der Waals surface area contributed by atoms with Crippen molar-refractivity contribution in [2.45, 2.75) is 0 Å². The van der Waals surface area contributed by atoms with E-state index in [9.17, 15) is 9.90 Å². The maximum absolute atomic E-state index is 10.9. The number of carbonyl (C=O) groups is 1. The molecule has 0 aliphatic heterocycles. The molecule has 0 aliphatic carbocycles. The average Bonchev–Trinajstić information content (AvgIpc) is 2.22. The summed E-state index contributed by atoms with van der Waals surface area (Å²) in [6.45, 7) is 0. The third kappa shape index (κ3) is 1.30. The number of anilines is 2. The van der Waals surface area contributed by atoms with Gasteiger partial charge in [0.15, 0.2) is 0 Å². The zero-order valence-electron chi connectivity index (χ0n) is 8.27. The van der Waals surface area contributed by atoms with E-state index in [-0.39, 0.29) is 22.7 Å². The predicted octanol–water partition coefficient (Wildman–Crippen LogP) is 1.41. The van der Waals surface area contributed by atoms with Crippen LogP contribution >= 0.6 is 0 Å². The van der Waals surface area contributed by atoms with Gasteiger partial charge in [0.2, 0.25) is 0 Å². The van der Waals surface area contributed by atoms with Crippen LogP contribution in [0.5, 0.6) is 5.75 Å². The monoisotopic (exact) mass is 218 g/mol. The first kappa shape index (κ1) is 10.1. The number of fused-ring (bicyclic) bond motifs is 1. The van der Waals surface area contributed by atoms with Crippen molar-refractivity contribution in [1.29, 1.82) is 0 Å². The van der Waals surface area contributed by atoms with Gasteiger partial charge in [-0.25, -0.2) is 4.79 Å². The van der Waals surface area contributed by atoms with Crippen LogP contribution in [0.15, 0.2) is 24.3 Å². The molecule has 0 bridgehead atoms. The fourth-order valence-electron chi connectivity index (χ4n) is 1.66. The number of benzene rings is 2. The van der Waals surface area contributed by atoms with Gasteiger partial charge in [0, 0.05) is 5.39 Å². The van der Waals surface area contributed by atoms with Crippen LogP contribution in [-0.2, 0) is 0 Å². The number of aromatic hydroxyl groups is 1. The summed E-state index contributed by atoms with van der Waals surface area (Å²) in [7, 11) is 0. The van der Waals surface area contributed by atoms with Crippen molar-refractivity contribution in [3.05, 3.63) is 29.8 Å². The third-order valence-corrected chi connectivity index (χ3v) is 2.45. The Labute approximate surface area is 90.9 Å². The Hall–Kier alpha value is -2.43. The second-order valence-electron chi connectivity index (χ2n) is 3.43. The summed E-state index contributed by atoms with van der Waals surface area (Å²) in [5.74, 6) is -1.16. The van der Waals surface area contributed by atoms with Crippen molar-refractivity contribution in [1.82, 2.24) is 0 Å². The summed E-state index contributed by atoms with van der Waals surface area (Å²) in [6, 6.07) is 6.14. The molecule has 0 spiro atoms. The molecule has 0 unspecified atom stereocenters. The number of carboxylic acid groups (broad SMARTS) is 1. The molecule has 82 valence electrons. The number of nitrogen functional groups attached to an aromatic ring is 2. The lowest BCUT2D eigenvalue weighted by atomic mass is 10.0. The summed E-state index contributed by atoms with van der Waals surface area (Å²) >= 11 is 0. The topological polar surface area (TPSA) is 110 Å². The molecule has 16 heavy (non-hydrogen) atoms. The molecule has 2 rings (SSSR count). The summed E-state index contributed by atoms with van der Waals surface area (Å²) in [6.07, 6.45) is 0. The minimum atomic E-state index is -1.14. The Morgan fingerprint density at radius 3 is 2.50 bits per heavy atom. The van der Waals surface area contributed by atoms with Gasteiger partial charge in [-0.05, 0) is 17.5 Å². The first-order valence-corrected chi connectivity index (χ1v) is 4.55. The third-order valence-electron chi connectivity index (χ3n) is 2.45. The molecule has 0 fully saturated rings. The molecule has 0 saturated heterocycles. The fourth-order valence-corrected chi connectivity index (χ4v) is 1.66. The lowest BCUT2D eigenvalue weighted by Crippen LogP contribution is -2.06. The Kier molecular flexibility index (Phi) is 2.09. The number of phenolic OH excluding ortho intramolecular Hbond substituents is 1. The molecule has 0 saturated carbocycles. The second-order valence-corrected chi connectivity index (χ2v) is 3.43. The molecule has 5 nitrogen and oxygen atoms in total. The highest BCUT2D eigenvalue weighted by Gasteiger charge is 2.15. The average molecular weight is 218 g/mol. The van der Waals surface area contributed by atoms with E-state index >= 15 is 0 Å². The number of nitrogens with two attached hydrogens (primary N) is 2. The first-order valence-electron chi connectivity index (χ1n) is 4.55. The maximum atomic E-state index is 10.9. The highest BCUT2D eigenvalue weighted by molar-refractivity contribution is 6.09.